The molecule has 2 aliphatic heterocycles. The lowest BCUT2D eigenvalue weighted by molar-refractivity contribution is -0.123. The summed E-state index contributed by atoms with van der Waals surface area (Å²) in [6.45, 7) is 0.926. The molecule has 0 radical (unpaired) electrons. The van der Waals surface area contributed by atoms with Crippen molar-refractivity contribution in [1.29, 1.82) is 0 Å². The maximum atomic E-state index is 13.1. The van der Waals surface area contributed by atoms with Crippen LogP contribution in [0.4, 0.5) is 0 Å². The number of carbonyl (C=O) groups is 4. The first-order chi connectivity index (χ1) is 14.5. The molecule has 160 valence electrons. The molecule has 0 spiro atoms. The number of carbonyl (C=O) groups excluding carboxylic acids is 4. The first kappa shape index (κ1) is 20.6. The molecule has 30 heavy (non-hydrogen) atoms. The lowest BCUT2D eigenvalue weighted by Gasteiger charge is -2.30. The summed E-state index contributed by atoms with van der Waals surface area (Å²) in [6, 6.07) is 4.77. The minimum Gasteiger partial charge on any atom is -0.369 e. The lowest BCUT2D eigenvalue weighted by Crippen LogP contribution is -2.41. The van der Waals surface area contributed by atoms with Gasteiger partial charge in [0.1, 0.15) is 0 Å². The Morgan fingerprint density at radius 2 is 1.43 bits per heavy atom. The van der Waals surface area contributed by atoms with Gasteiger partial charge in [0.25, 0.3) is 17.7 Å². The van der Waals surface area contributed by atoms with Gasteiger partial charge < -0.3 is 10.6 Å². The number of piperidine rings is 1. The van der Waals surface area contributed by atoms with Gasteiger partial charge in [0.2, 0.25) is 5.91 Å². The predicted molar refractivity (Wildman–Crippen MR) is 111 cm³/mol. The van der Waals surface area contributed by atoms with Crippen molar-refractivity contribution in [2.45, 2.75) is 63.8 Å². The van der Waals surface area contributed by atoms with E-state index in [-0.39, 0.29) is 35.6 Å². The molecule has 1 aliphatic carbocycles. The highest BCUT2D eigenvalue weighted by Crippen LogP contribution is 2.31. The summed E-state index contributed by atoms with van der Waals surface area (Å²) >= 11 is 0. The van der Waals surface area contributed by atoms with Crippen LogP contribution in [0.3, 0.4) is 0 Å². The summed E-state index contributed by atoms with van der Waals surface area (Å²) in [6.07, 6.45) is 8.38. The van der Waals surface area contributed by atoms with Crippen molar-refractivity contribution in [2.24, 2.45) is 11.7 Å². The third kappa shape index (κ3) is 3.85. The first-order valence-electron chi connectivity index (χ1n) is 11.1. The number of hydrogen-bond donors (Lipinski definition) is 1. The molecular weight excluding hydrogens is 382 g/mol. The zero-order valence-corrected chi connectivity index (χ0v) is 17.3. The van der Waals surface area contributed by atoms with E-state index in [0.29, 0.717) is 42.6 Å². The number of fused-ring (bicyclic) bond motifs is 1. The zero-order valence-electron chi connectivity index (χ0n) is 17.3. The van der Waals surface area contributed by atoms with Crippen LogP contribution in [0.1, 0.15) is 88.9 Å². The number of hydrogen-bond acceptors (Lipinski definition) is 4. The van der Waals surface area contributed by atoms with Gasteiger partial charge in [0.05, 0.1) is 11.1 Å². The monoisotopic (exact) mass is 411 g/mol. The second-order valence-corrected chi connectivity index (χ2v) is 8.71. The number of nitrogens with zero attached hydrogens (tertiary/aromatic N) is 2. The van der Waals surface area contributed by atoms with Crippen LogP contribution in [0.5, 0.6) is 0 Å². The summed E-state index contributed by atoms with van der Waals surface area (Å²) in [5.74, 6) is -1.20. The topological polar surface area (TPSA) is 101 Å². The number of imide groups is 1. The largest absolute Gasteiger partial charge is 0.369 e. The minimum atomic E-state index is -0.321. The van der Waals surface area contributed by atoms with E-state index < -0.39 is 0 Å². The number of rotatable bonds is 3. The average Bonchev–Trinajstić information content (AvgIpc) is 2.97. The quantitative estimate of drug-likeness (QED) is 0.773. The number of amides is 4. The molecule has 1 saturated heterocycles. The Morgan fingerprint density at radius 3 is 2.07 bits per heavy atom. The van der Waals surface area contributed by atoms with E-state index in [1.165, 1.54) is 11.3 Å². The molecule has 1 aromatic carbocycles. The average molecular weight is 412 g/mol. The van der Waals surface area contributed by atoms with Crippen LogP contribution in [-0.4, -0.2) is 52.6 Å². The maximum Gasteiger partial charge on any atom is 0.261 e. The van der Waals surface area contributed by atoms with Crippen LogP contribution in [0, 0.1) is 5.92 Å². The molecule has 4 rings (SSSR count). The van der Waals surface area contributed by atoms with E-state index >= 15 is 0 Å². The molecule has 3 aliphatic rings. The maximum absolute atomic E-state index is 13.1. The minimum absolute atomic E-state index is 0.0512. The van der Waals surface area contributed by atoms with E-state index in [9.17, 15) is 19.2 Å². The molecular formula is C23H29N3O4. The molecule has 2 N–H and O–H groups in total. The normalized spacial score (nSPS) is 21.3. The van der Waals surface area contributed by atoms with Crippen LogP contribution in [0.2, 0.25) is 0 Å². The number of benzene rings is 1. The highest BCUT2D eigenvalue weighted by molar-refractivity contribution is 6.22. The summed E-state index contributed by atoms with van der Waals surface area (Å²) in [5.41, 5.74) is 6.50. The Hall–Kier alpha value is -2.70. The third-order valence-electron chi connectivity index (χ3n) is 6.79. The second-order valence-electron chi connectivity index (χ2n) is 8.71. The van der Waals surface area contributed by atoms with Crippen molar-refractivity contribution in [2.75, 3.05) is 13.1 Å². The van der Waals surface area contributed by atoms with Crippen LogP contribution in [0.15, 0.2) is 18.2 Å². The molecule has 7 heteroatoms. The van der Waals surface area contributed by atoms with E-state index in [0.717, 1.165) is 38.5 Å². The van der Waals surface area contributed by atoms with Crippen LogP contribution in [0.25, 0.3) is 0 Å². The number of likely N-dealkylation sites (tertiary alicyclic amines) is 1. The van der Waals surface area contributed by atoms with Crippen molar-refractivity contribution < 1.29 is 19.2 Å². The Kier molecular flexibility index (Phi) is 5.88. The SMILES string of the molecule is NC(=O)C1CCN(C(=O)c2ccc3c(c2)C(=O)N(C2CCCCCCC2)C3=O)CC1. The van der Waals surface area contributed by atoms with Gasteiger partial charge >= 0.3 is 0 Å². The van der Waals surface area contributed by atoms with Crippen LogP contribution < -0.4 is 5.73 Å². The van der Waals surface area contributed by atoms with E-state index in [1.807, 2.05) is 0 Å². The highest BCUT2D eigenvalue weighted by Gasteiger charge is 2.40. The Bertz CT molecular complexity index is 865. The van der Waals surface area contributed by atoms with Gasteiger partial charge in [-0.25, -0.2) is 0 Å². The highest BCUT2D eigenvalue weighted by atomic mass is 16.2. The van der Waals surface area contributed by atoms with Crippen molar-refractivity contribution >= 4 is 23.6 Å². The Balaban J connectivity index is 1.50. The molecule has 1 saturated carbocycles. The second kappa shape index (κ2) is 8.58. The Morgan fingerprint density at radius 1 is 0.833 bits per heavy atom. The van der Waals surface area contributed by atoms with Gasteiger partial charge in [-0.05, 0) is 43.9 Å². The van der Waals surface area contributed by atoms with Gasteiger partial charge in [-0.15, -0.1) is 0 Å². The predicted octanol–water partition coefficient (Wildman–Crippen LogP) is 2.73. The molecule has 1 aromatic rings. The lowest BCUT2D eigenvalue weighted by atomic mass is 9.95. The van der Waals surface area contributed by atoms with Gasteiger partial charge in [0.15, 0.2) is 0 Å². The standard InChI is InChI=1S/C23H29N3O4/c24-20(27)15-10-12-25(13-11-15)21(28)16-8-9-18-19(14-16)23(30)26(22(18)29)17-6-4-2-1-3-5-7-17/h8-9,14-15,17H,1-7,10-13H2,(H2,24,27). The molecule has 0 unspecified atom stereocenters. The van der Waals surface area contributed by atoms with Gasteiger partial charge in [-0.1, -0.05) is 32.1 Å². The molecule has 4 amide bonds. The molecule has 2 heterocycles. The zero-order chi connectivity index (χ0) is 21.3. The summed E-state index contributed by atoms with van der Waals surface area (Å²) in [4.78, 5) is 53.5. The molecule has 7 nitrogen and oxygen atoms in total. The molecule has 0 bridgehead atoms. The first-order valence-corrected chi connectivity index (χ1v) is 11.1. The number of primary amides is 1. The summed E-state index contributed by atoms with van der Waals surface area (Å²) in [7, 11) is 0. The fourth-order valence-corrected chi connectivity index (χ4v) is 4.97. The van der Waals surface area contributed by atoms with Crippen molar-refractivity contribution in [1.82, 2.24) is 9.80 Å². The molecule has 0 atom stereocenters. The van der Waals surface area contributed by atoms with Gasteiger partial charge in [0, 0.05) is 30.6 Å². The van der Waals surface area contributed by atoms with Crippen molar-refractivity contribution in [3.63, 3.8) is 0 Å². The number of nitrogens with two attached hydrogens (primary N) is 1. The van der Waals surface area contributed by atoms with Gasteiger partial charge in [-0.3, -0.25) is 24.1 Å². The fourth-order valence-electron chi connectivity index (χ4n) is 4.97. The molecule has 2 fully saturated rings. The molecule has 0 aromatic heterocycles. The van der Waals surface area contributed by atoms with Crippen molar-refractivity contribution in [3.8, 4) is 0 Å². The fraction of sp³-hybridized carbons (Fsp3) is 0.565. The van der Waals surface area contributed by atoms with E-state index in [2.05, 4.69) is 0 Å². The van der Waals surface area contributed by atoms with E-state index in [4.69, 9.17) is 5.73 Å². The van der Waals surface area contributed by atoms with Crippen LogP contribution in [-0.2, 0) is 4.79 Å². The third-order valence-corrected chi connectivity index (χ3v) is 6.79. The van der Waals surface area contributed by atoms with Crippen LogP contribution >= 0.6 is 0 Å². The summed E-state index contributed by atoms with van der Waals surface area (Å²) < 4.78 is 0. The Labute approximate surface area is 176 Å². The van der Waals surface area contributed by atoms with Gasteiger partial charge in [-0.2, -0.15) is 0 Å². The smallest absolute Gasteiger partial charge is 0.261 e. The van der Waals surface area contributed by atoms with Crippen molar-refractivity contribution in [3.05, 3.63) is 34.9 Å². The summed E-state index contributed by atoms with van der Waals surface area (Å²) in [5, 5.41) is 0. The van der Waals surface area contributed by atoms with E-state index in [1.54, 1.807) is 23.1 Å².